The van der Waals surface area contributed by atoms with E-state index in [9.17, 15) is 4.39 Å². The van der Waals surface area contributed by atoms with Gasteiger partial charge in [-0.2, -0.15) is 5.10 Å². The summed E-state index contributed by atoms with van der Waals surface area (Å²) in [6.45, 7) is 0.216. The van der Waals surface area contributed by atoms with Gasteiger partial charge in [0.25, 0.3) is 5.89 Å². The molecule has 0 amide bonds. The molecular weight excluding hydrogens is 329 g/mol. The Morgan fingerprint density at radius 1 is 1.17 bits per heavy atom. The van der Waals surface area contributed by atoms with Crippen molar-refractivity contribution in [2.45, 2.75) is 6.54 Å². The monoisotopic (exact) mass is 341 g/mol. The smallest absolute Gasteiger partial charge is 0.257 e. The summed E-state index contributed by atoms with van der Waals surface area (Å²) in [5.74, 6) is 0.469. The number of nitrogens with zero attached hydrogens (tertiary/aromatic N) is 4. The summed E-state index contributed by atoms with van der Waals surface area (Å²) < 4.78 is 21.4. The first-order valence-corrected chi connectivity index (χ1v) is 8.08. The van der Waals surface area contributed by atoms with Gasteiger partial charge in [-0.25, -0.2) is 9.07 Å². The molecule has 0 saturated carbocycles. The molecule has 0 unspecified atom stereocenters. The second-order valence-electron chi connectivity index (χ2n) is 4.92. The number of hydrogen-bond acceptors (Lipinski definition) is 6. The van der Waals surface area contributed by atoms with E-state index < -0.39 is 0 Å². The Labute approximate surface area is 140 Å². The zero-order chi connectivity index (χ0) is 16.4. The van der Waals surface area contributed by atoms with E-state index in [1.807, 2.05) is 17.5 Å². The van der Waals surface area contributed by atoms with Crippen molar-refractivity contribution in [3.8, 4) is 16.5 Å². The van der Waals surface area contributed by atoms with Crippen molar-refractivity contribution in [2.75, 3.05) is 5.32 Å². The molecule has 24 heavy (non-hydrogen) atoms. The number of aromatic nitrogens is 4. The SMILES string of the molecule is Fc1cccc(-n2cccn2)c1NCc1nnc(-c2cccs2)o1. The molecule has 0 radical (unpaired) electrons. The first-order chi connectivity index (χ1) is 11.8. The molecule has 0 aliphatic heterocycles. The van der Waals surface area contributed by atoms with Gasteiger partial charge in [0.2, 0.25) is 5.89 Å². The van der Waals surface area contributed by atoms with Crippen LogP contribution in [0, 0.1) is 5.82 Å². The number of thiophene rings is 1. The van der Waals surface area contributed by atoms with Crippen LogP contribution >= 0.6 is 11.3 Å². The molecule has 4 rings (SSSR count). The predicted octanol–water partition coefficient (Wildman–Crippen LogP) is 3.74. The second-order valence-corrected chi connectivity index (χ2v) is 5.86. The van der Waals surface area contributed by atoms with Gasteiger partial charge in [-0.1, -0.05) is 12.1 Å². The standard InChI is InChI=1S/C16H12FN5OS/c17-11-4-1-5-12(22-8-3-7-19-22)15(11)18-10-14-20-21-16(23-14)13-6-2-9-24-13/h1-9,18H,10H2. The van der Waals surface area contributed by atoms with Gasteiger partial charge >= 0.3 is 0 Å². The lowest BCUT2D eigenvalue weighted by atomic mass is 10.2. The number of anilines is 1. The van der Waals surface area contributed by atoms with Crippen LogP contribution in [0.1, 0.15) is 5.89 Å². The maximum atomic E-state index is 14.2. The molecule has 0 fully saturated rings. The number of benzene rings is 1. The molecule has 4 aromatic rings. The molecule has 3 heterocycles. The zero-order valence-electron chi connectivity index (χ0n) is 12.4. The molecule has 0 saturated heterocycles. The summed E-state index contributed by atoms with van der Waals surface area (Å²) in [6.07, 6.45) is 3.39. The molecule has 8 heteroatoms. The number of hydrogen-bond donors (Lipinski definition) is 1. The number of halogens is 1. The van der Waals surface area contributed by atoms with Crippen LogP contribution in [0.3, 0.4) is 0 Å². The molecule has 0 aliphatic rings. The summed E-state index contributed by atoms with van der Waals surface area (Å²) in [4.78, 5) is 0.900. The van der Waals surface area contributed by atoms with Crippen LogP contribution in [0.15, 0.2) is 58.6 Å². The van der Waals surface area contributed by atoms with Gasteiger partial charge < -0.3 is 9.73 Å². The minimum Gasteiger partial charge on any atom is -0.418 e. The predicted molar refractivity (Wildman–Crippen MR) is 88.5 cm³/mol. The molecule has 1 N–H and O–H groups in total. The summed E-state index contributed by atoms with van der Waals surface area (Å²) >= 11 is 1.52. The highest BCUT2D eigenvalue weighted by Gasteiger charge is 2.13. The highest BCUT2D eigenvalue weighted by molar-refractivity contribution is 7.13. The maximum Gasteiger partial charge on any atom is 0.257 e. The minimum absolute atomic E-state index is 0.216. The Bertz CT molecular complexity index is 933. The van der Waals surface area contributed by atoms with E-state index in [0.29, 0.717) is 23.2 Å². The van der Waals surface area contributed by atoms with E-state index >= 15 is 0 Å². The van der Waals surface area contributed by atoms with Crippen molar-refractivity contribution in [3.63, 3.8) is 0 Å². The molecule has 3 aromatic heterocycles. The van der Waals surface area contributed by atoms with Crippen LogP contribution in [-0.2, 0) is 6.54 Å². The van der Waals surface area contributed by atoms with E-state index in [-0.39, 0.29) is 12.4 Å². The number of para-hydroxylation sites is 1. The molecule has 0 bridgehead atoms. The topological polar surface area (TPSA) is 68.8 Å². The van der Waals surface area contributed by atoms with Crippen molar-refractivity contribution in [2.24, 2.45) is 0 Å². The fourth-order valence-electron chi connectivity index (χ4n) is 2.28. The van der Waals surface area contributed by atoms with Crippen LogP contribution in [-0.4, -0.2) is 20.0 Å². The Morgan fingerprint density at radius 3 is 2.92 bits per heavy atom. The van der Waals surface area contributed by atoms with E-state index in [0.717, 1.165) is 4.88 Å². The molecule has 0 atom stereocenters. The van der Waals surface area contributed by atoms with E-state index in [1.165, 1.54) is 17.4 Å². The van der Waals surface area contributed by atoms with Gasteiger partial charge in [-0.3, -0.25) is 0 Å². The average Bonchev–Trinajstić information content (AvgIpc) is 3.33. The third-order valence-electron chi connectivity index (χ3n) is 3.36. The molecule has 6 nitrogen and oxygen atoms in total. The highest BCUT2D eigenvalue weighted by atomic mass is 32.1. The first-order valence-electron chi connectivity index (χ1n) is 7.20. The van der Waals surface area contributed by atoms with Crippen LogP contribution in [0.5, 0.6) is 0 Å². The maximum absolute atomic E-state index is 14.2. The van der Waals surface area contributed by atoms with Crippen LogP contribution in [0.25, 0.3) is 16.5 Å². The fraction of sp³-hybridized carbons (Fsp3) is 0.0625. The molecule has 0 spiro atoms. The zero-order valence-corrected chi connectivity index (χ0v) is 13.2. The van der Waals surface area contributed by atoms with Crippen LogP contribution in [0.2, 0.25) is 0 Å². The van der Waals surface area contributed by atoms with Gasteiger partial charge in [0.05, 0.1) is 22.8 Å². The second kappa shape index (κ2) is 6.25. The number of rotatable bonds is 5. The molecule has 120 valence electrons. The normalized spacial score (nSPS) is 10.9. The minimum atomic E-state index is -0.374. The van der Waals surface area contributed by atoms with Gasteiger partial charge in [-0.05, 0) is 29.6 Å². The summed E-state index contributed by atoms with van der Waals surface area (Å²) in [7, 11) is 0. The quantitative estimate of drug-likeness (QED) is 0.599. The third kappa shape index (κ3) is 2.79. The lowest BCUT2D eigenvalue weighted by Gasteiger charge is -2.11. The van der Waals surface area contributed by atoms with Gasteiger partial charge in [0, 0.05) is 12.4 Å². The van der Waals surface area contributed by atoms with E-state index in [2.05, 4.69) is 20.6 Å². The van der Waals surface area contributed by atoms with E-state index in [4.69, 9.17) is 4.42 Å². The largest absolute Gasteiger partial charge is 0.418 e. The first kappa shape index (κ1) is 14.6. The molecule has 1 aromatic carbocycles. The van der Waals surface area contributed by atoms with Crippen molar-refractivity contribution in [3.05, 3.63) is 65.9 Å². The lowest BCUT2D eigenvalue weighted by molar-refractivity contribution is 0.515. The van der Waals surface area contributed by atoms with E-state index in [1.54, 1.807) is 35.3 Å². The van der Waals surface area contributed by atoms with Gasteiger partial charge in [-0.15, -0.1) is 21.5 Å². The summed E-state index contributed by atoms with van der Waals surface area (Å²) in [5.41, 5.74) is 0.940. The molecular formula is C16H12FN5OS. The van der Waals surface area contributed by atoms with Crippen molar-refractivity contribution < 1.29 is 8.81 Å². The highest BCUT2D eigenvalue weighted by Crippen LogP contribution is 2.25. The van der Waals surface area contributed by atoms with Gasteiger partial charge in [0.1, 0.15) is 5.82 Å². The van der Waals surface area contributed by atoms with Gasteiger partial charge in [0.15, 0.2) is 0 Å². The van der Waals surface area contributed by atoms with Crippen molar-refractivity contribution in [1.29, 1.82) is 0 Å². The Kier molecular flexibility index (Phi) is 3.80. The van der Waals surface area contributed by atoms with Crippen molar-refractivity contribution in [1.82, 2.24) is 20.0 Å². The fourth-order valence-corrected chi connectivity index (χ4v) is 2.92. The number of nitrogens with one attached hydrogen (secondary N) is 1. The molecule has 0 aliphatic carbocycles. The van der Waals surface area contributed by atoms with Crippen LogP contribution < -0.4 is 5.32 Å². The Hall–Kier alpha value is -3.00. The lowest BCUT2D eigenvalue weighted by Crippen LogP contribution is -2.07. The summed E-state index contributed by atoms with van der Waals surface area (Å²) in [5, 5.41) is 17.1. The Morgan fingerprint density at radius 2 is 2.12 bits per heavy atom. The average molecular weight is 341 g/mol. The summed E-state index contributed by atoms with van der Waals surface area (Å²) in [6, 6.07) is 10.4. The Balaban J connectivity index is 1.56. The van der Waals surface area contributed by atoms with Crippen molar-refractivity contribution >= 4 is 17.0 Å². The van der Waals surface area contributed by atoms with Crippen LogP contribution in [0.4, 0.5) is 10.1 Å². The third-order valence-corrected chi connectivity index (χ3v) is 4.22.